The van der Waals surface area contributed by atoms with E-state index in [9.17, 15) is 9.59 Å². The van der Waals surface area contributed by atoms with E-state index in [4.69, 9.17) is 9.47 Å². The van der Waals surface area contributed by atoms with Gasteiger partial charge in [-0.05, 0) is 80.9 Å². The second-order valence-electron chi connectivity index (χ2n) is 12.0. The van der Waals surface area contributed by atoms with E-state index < -0.39 is 0 Å². The molecule has 8 nitrogen and oxygen atoms in total. The zero-order valence-corrected chi connectivity index (χ0v) is 25.5. The van der Waals surface area contributed by atoms with Crippen molar-refractivity contribution in [1.29, 1.82) is 0 Å². The van der Waals surface area contributed by atoms with Crippen molar-refractivity contribution in [2.45, 2.75) is 77.0 Å². The van der Waals surface area contributed by atoms with E-state index in [1.165, 1.54) is 31.5 Å². The Morgan fingerprint density at radius 2 is 1.69 bits per heavy atom. The van der Waals surface area contributed by atoms with Gasteiger partial charge in [-0.2, -0.15) is 0 Å². The van der Waals surface area contributed by atoms with Crippen molar-refractivity contribution in [3.05, 3.63) is 59.7 Å². The lowest BCUT2D eigenvalue weighted by Gasteiger charge is -2.44. The van der Waals surface area contributed by atoms with Gasteiger partial charge in [0.1, 0.15) is 19.0 Å². The number of hydrogen-bond donors (Lipinski definition) is 0. The van der Waals surface area contributed by atoms with Crippen LogP contribution in [0.1, 0.15) is 63.0 Å². The average Bonchev–Trinajstić information content (AvgIpc) is 3.51. The molecule has 2 aromatic carbocycles. The summed E-state index contributed by atoms with van der Waals surface area (Å²) in [5, 5.41) is 0. The molecule has 5 rings (SSSR count). The molecule has 0 aliphatic carbocycles. The third-order valence-electron chi connectivity index (χ3n) is 9.03. The lowest BCUT2D eigenvalue weighted by molar-refractivity contribution is -0.143. The number of amides is 2. The maximum atomic E-state index is 13.4. The van der Waals surface area contributed by atoms with Crippen LogP contribution in [0.3, 0.4) is 0 Å². The highest BCUT2D eigenvalue weighted by Crippen LogP contribution is 2.31. The number of anilines is 1. The molecule has 2 amide bonds. The normalized spacial score (nSPS) is 22.0. The molecular formula is C34H48N4O4. The van der Waals surface area contributed by atoms with Crippen molar-refractivity contribution < 1.29 is 19.1 Å². The van der Waals surface area contributed by atoms with Gasteiger partial charge in [-0.15, -0.1) is 0 Å². The Morgan fingerprint density at radius 3 is 2.50 bits per heavy atom. The first-order chi connectivity index (χ1) is 20.6. The number of piperidine rings is 1. The second-order valence-corrected chi connectivity index (χ2v) is 12.0. The van der Waals surface area contributed by atoms with Crippen molar-refractivity contribution in [2.75, 3.05) is 57.9 Å². The molecule has 8 heteroatoms. The summed E-state index contributed by atoms with van der Waals surface area (Å²) in [7, 11) is 1.59. The Hall–Kier alpha value is -2.94. The van der Waals surface area contributed by atoms with Crippen molar-refractivity contribution in [3.8, 4) is 5.75 Å². The molecule has 2 fully saturated rings. The van der Waals surface area contributed by atoms with Crippen LogP contribution in [0.2, 0.25) is 0 Å². The molecule has 2 bridgehead atoms. The van der Waals surface area contributed by atoms with Crippen molar-refractivity contribution in [1.82, 2.24) is 14.7 Å². The molecule has 3 aliphatic rings. The first-order valence-electron chi connectivity index (χ1n) is 15.9. The molecule has 42 heavy (non-hydrogen) atoms. The molecule has 0 aromatic heterocycles. The first kappa shape index (κ1) is 30.5. The zero-order chi connectivity index (χ0) is 29.3. The summed E-state index contributed by atoms with van der Waals surface area (Å²) < 4.78 is 11.5. The highest BCUT2D eigenvalue weighted by molar-refractivity contribution is 5.94. The SMILES string of the molecule is CCC(=O)N1CCC2CCCC(CN(Cc3cccc(OCCN4CCCC4)c3)Cc3ccccc31)N2C(=O)COC. The highest BCUT2D eigenvalue weighted by atomic mass is 16.5. The van der Waals surface area contributed by atoms with E-state index in [-0.39, 0.29) is 30.5 Å². The maximum absolute atomic E-state index is 13.4. The minimum Gasteiger partial charge on any atom is -0.492 e. The van der Waals surface area contributed by atoms with E-state index in [2.05, 4.69) is 51.1 Å². The summed E-state index contributed by atoms with van der Waals surface area (Å²) >= 11 is 0. The third-order valence-corrected chi connectivity index (χ3v) is 9.03. The molecule has 3 heterocycles. The minimum atomic E-state index is 0.0469. The van der Waals surface area contributed by atoms with E-state index in [1.807, 2.05) is 24.0 Å². The van der Waals surface area contributed by atoms with Crippen molar-refractivity contribution >= 4 is 17.5 Å². The highest BCUT2D eigenvalue weighted by Gasteiger charge is 2.36. The Morgan fingerprint density at radius 1 is 0.881 bits per heavy atom. The number of rotatable bonds is 9. The smallest absolute Gasteiger partial charge is 0.249 e. The van der Waals surface area contributed by atoms with Gasteiger partial charge in [0.15, 0.2) is 0 Å². The maximum Gasteiger partial charge on any atom is 0.249 e. The van der Waals surface area contributed by atoms with Crippen molar-refractivity contribution in [3.63, 3.8) is 0 Å². The Labute approximate surface area is 251 Å². The van der Waals surface area contributed by atoms with Crippen LogP contribution in [0.5, 0.6) is 5.75 Å². The Balaban J connectivity index is 1.41. The lowest BCUT2D eigenvalue weighted by atomic mass is 9.92. The molecule has 2 aromatic rings. The van der Waals surface area contributed by atoms with Crippen molar-refractivity contribution in [2.24, 2.45) is 0 Å². The molecule has 0 saturated carbocycles. The van der Waals surface area contributed by atoms with Gasteiger partial charge in [0.25, 0.3) is 0 Å². The summed E-state index contributed by atoms with van der Waals surface area (Å²) in [5.74, 6) is 1.07. The summed E-state index contributed by atoms with van der Waals surface area (Å²) in [5.41, 5.74) is 3.31. The van der Waals surface area contributed by atoms with Gasteiger partial charge in [0, 0.05) is 64.0 Å². The van der Waals surface area contributed by atoms with Crippen LogP contribution in [-0.2, 0) is 27.4 Å². The molecule has 3 aliphatic heterocycles. The van der Waals surface area contributed by atoms with E-state index in [0.29, 0.717) is 26.1 Å². The van der Waals surface area contributed by atoms with E-state index in [1.54, 1.807) is 7.11 Å². The number of hydrogen-bond acceptors (Lipinski definition) is 6. The summed E-state index contributed by atoms with van der Waals surface area (Å²) in [6.07, 6.45) is 6.80. The fourth-order valence-corrected chi connectivity index (χ4v) is 7.00. The van der Waals surface area contributed by atoms with Crippen LogP contribution in [-0.4, -0.2) is 91.6 Å². The first-order valence-corrected chi connectivity index (χ1v) is 15.9. The fraction of sp³-hybridized carbons (Fsp3) is 0.588. The van der Waals surface area contributed by atoms with Crippen LogP contribution < -0.4 is 9.64 Å². The third kappa shape index (κ3) is 7.71. The summed E-state index contributed by atoms with van der Waals surface area (Å²) in [6, 6.07) is 16.9. The van der Waals surface area contributed by atoms with Crippen LogP contribution in [0, 0.1) is 0 Å². The molecule has 0 radical (unpaired) electrons. The fourth-order valence-electron chi connectivity index (χ4n) is 7.00. The van der Waals surface area contributed by atoms with Gasteiger partial charge in [0.05, 0.1) is 0 Å². The van der Waals surface area contributed by atoms with Gasteiger partial charge >= 0.3 is 0 Å². The number of benzene rings is 2. The monoisotopic (exact) mass is 576 g/mol. The number of likely N-dealkylation sites (tertiary alicyclic amines) is 1. The topological polar surface area (TPSA) is 65.6 Å². The largest absolute Gasteiger partial charge is 0.492 e. The zero-order valence-electron chi connectivity index (χ0n) is 25.5. The van der Waals surface area contributed by atoms with Gasteiger partial charge in [-0.25, -0.2) is 0 Å². The van der Waals surface area contributed by atoms with Gasteiger partial charge in [-0.1, -0.05) is 37.3 Å². The number of carbonyl (C=O) groups excluding carboxylic acids is 2. The molecule has 2 unspecified atom stereocenters. The second kappa shape index (κ2) is 15.0. The lowest BCUT2D eigenvalue weighted by Crippen LogP contribution is -2.55. The van der Waals surface area contributed by atoms with E-state index in [0.717, 1.165) is 62.3 Å². The van der Waals surface area contributed by atoms with E-state index >= 15 is 0 Å². The van der Waals surface area contributed by atoms with Gasteiger partial charge in [0.2, 0.25) is 11.8 Å². The van der Waals surface area contributed by atoms with Crippen LogP contribution in [0.15, 0.2) is 48.5 Å². The Kier molecular flexibility index (Phi) is 10.9. The number of nitrogens with zero attached hydrogens (tertiary/aromatic N) is 4. The molecular weight excluding hydrogens is 528 g/mol. The summed E-state index contributed by atoms with van der Waals surface area (Å²) in [4.78, 5) is 35.7. The molecule has 2 saturated heterocycles. The average molecular weight is 577 g/mol. The Bertz CT molecular complexity index is 1180. The number of carbonyl (C=O) groups is 2. The predicted octanol–water partition coefficient (Wildman–Crippen LogP) is 4.71. The number of fused-ring (bicyclic) bond motifs is 3. The summed E-state index contributed by atoms with van der Waals surface area (Å²) in [6.45, 7) is 8.81. The van der Waals surface area contributed by atoms with Gasteiger partial charge in [-0.3, -0.25) is 19.4 Å². The van der Waals surface area contributed by atoms with Crippen LogP contribution in [0.4, 0.5) is 5.69 Å². The quantitative estimate of drug-likeness (QED) is 0.431. The predicted molar refractivity (Wildman–Crippen MR) is 166 cm³/mol. The molecule has 228 valence electrons. The van der Waals surface area contributed by atoms with Crippen LogP contribution in [0.25, 0.3) is 0 Å². The number of para-hydroxylation sites is 1. The van der Waals surface area contributed by atoms with Gasteiger partial charge < -0.3 is 19.3 Å². The van der Waals surface area contributed by atoms with Crippen LogP contribution >= 0.6 is 0 Å². The number of ether oxygens (including phenoxy) is 2. The minimum absolute atomic E-state index is 0.0469. The standard InChI is InChI=1S/C34H48N4O4/c1-3-33(39)37-19-16-29-12-9-13-30(38(29)34(40)26-41-2)25-36(24-28-11-4-5-15-32(28)37)23-27-10-8-14-31(22-27)42-21-20-35-17-6-7-18-35/h4-5,8,10-11,14-15,22,29-30H,3,6-7,9,12-13,16-21,23-26H2,1-2H3. The molecule has 2 atom stereocenters. The number of methoxy groups -OCH3 is 1. The molecule has 0 spiro atoms. The molecule has 0 N–H and O–H groups in total.